The van der Waals surface area contributed by atoms with Crippen molar-refractivity contribution in [2.75, 3.05) is 6.26 Å². The SMILES string of the molecule is CC1=C/C(=N/S(C)(=O)=O)C=CC1=NC(=O)C(C)(C)C. The highest BCUT2D eigenvalue weighted by Crippen LogP contribution is 2.17. The van der Waals surface area contributed by atoms with E-state index in [1.54, 1.807) is 39.8 Å². The summed E-state index contributed by atoms with van der Waals surface area (Å²) >= 11 is 0. The van der Waals surface area contributed by atoms with E-state index in [2.05, 4.69) is 9.39 Å². The summed E-state index contributed by atoms with van der Waals surface area (Å²) < 4.78 is 25.7. The molecule has 0 fully saturated rings. The van der Waals surface area contributed by atoms with Gasteiger partial charge in [-0.25, -0.2) is 13.4 Å². The minimum atomic E-state index is -3.43. The monoisotopic (exact) mass is 282 g/mol. The van der Waals surface area contributed by atoms with Crippen LogP contribution in [0, 0.1) is 5.41 Å². The molecule has 0 aliphatic heterocycles. The van der Waals surface area contributed by atoms with Crippen molar-refractivity contribution in [1.29, 1.82) is 0 Å². The lowest BCUT2D eigenvalue weighted by Gasteiger charge is -2.14. The molecule has 104 valence electrons. The Bertz CT molecular complexity index is 615. The molecule has 0 aromatic heterocycles. The van der Waals surface area contributed by atoms with Gasteiger partial charge in [-0.1, -0.05) is 20.8 Å². The molecule has 0 spiro atoms. The van der Waals surface area contributed by atoms with Crippen LogP contribution in [0.15, 0.2) is 33.2 Å². The minimum absolute atomic E-state index is 0.219. The van der Waals surface area contributed by atoms with Gasteiger partial charge in [0, 0.05) is 5.41 Å². The first-order chi connectivity index (χ1) is 8.49. The molecule has 6 heteroatoms. The van der Waals surface area contributed by atoms with Gasteiger partial charge >= 0.3 is 0 Å². The first-order valence-corrected chi connectivity index (χ1v) is 7.64. The standard InChI is InChI=1S/C13H18N2O3S/c1-9-8-10(15-19(5,17)18)6-7-11(9)14-12(16)13(2,3)4/h6-8H,1-5H3/b14-11?,15-10+. The van der Waals surface area contributed by atoms with Crippen LogP contribution in [0.5, 0.6) is 0 Å². The molecular formula is C13H18N2O3S. The van der Waals surface area contributed by atoms with Crippen LogP contribution in [-0.4, -0.2) is 32.0 Å². The van der Waals surface area contributed by atoms with Gasteiger partial charge in [0.1, 0.15) is 0 Å². The number of hydrogen-bond donors (Lipinski definition) is 0. The molecule has 0 saturated carbocycles. The van der Waals surface area contributed by atoms with E-state index < -0.39 is 15.4 Å². The Morgan fingerprint density at radius 1 is 1.21 bits per heavy atom. The fourth-order valence-electron chi connectivity index (χ4n) is 1.29. The minimum Gasteiger partial charge on any atom is -0.272 e. The molecule has 0 N–H and O–H groups in total. The topological polar surface area (TPSA) is 75.9 Å². The van der Waals surface area contributed by atoms with E-state index in [-0.39, 0.29) is 5.91 Å². The van der Waals surface area contributed by atoms with Gasteiger partial charge in [-0.15, -0.1) is 0 Å². The van der Waals surface area contributed by atoms with E-state index in [1.165, 1.54) is 6.08 Å². The highest BCUT2D eigenvalue weighted by molar-refractivity contribution is 7.89. The van der Waals surface area contributed by atoms with Crippen molar-refractivity contribution < 1.29 is 13.2 Å². The van der Waals surface area contributed by atoms with E-state index in [0.717, 1.165) is 6.26 Å². The van der Waals surface area contributed by atoms with E-state index in [0.29, 0.717) is 17.0 Å². The largest absolute Gasteiger partial charge is 0.272 e. The number of sulfonamides is 1. The van der Waals surface area contributed by atoms with Crippen LogP contribution < -0.4 is 0 Å². The molecule has 1 aliphatic carbocycles. The van der Waals surface area contributed by atoms with E-state index in [4.69, 9.17) is 0 Å². The fraction of sp³-hybridized carbons (Fsp3) is 0.462. The van der Waals surface area contributed by atoms with Crippen molar-refractivity contribution in [1.82, 2.24) is 0 Å². The molecular weight excluding hydrogens is 264 g/mol. The normalized spacial score (nSPS) is 20.8. The second kappa shape index (κ2) is 5.21. The van der Waals surface area contributed by atoms with Gasteiger partial charge in [-0.05, 0) is 30.7 Å². The second-order valence-corrected chi connectivity index (χ2v) is 7.11. The Kier molecular flexibility index (Phi) is 4.25. The number of carbonyl (C=O) groups is 1. The van der Waals surface area contributed by atoms with Gasteiger partial charge in [0.15, 0.2) is 0 Å². The third kappa shape index (κ3) is 4.90. The molecule has 0 unspecified atom stereocenters. The number of aliphatic imine (C=N–C) groups is 1. The maximum Gasteiger partial charge on any atom is 0.251 e. The molecule has 0 bridgehead atoms. The maximum absolute atomic E-state index is 11.8. The Morgan fingerprint density at radius 2 is 1.79 bits per heavy atom. The first-order valence-electron chi connectivity index (χ1n) is 5.79. The lowest BCUT2D eigenvalue weighted by atomic mass is 9.95. The fourth-order valence-corrected chi connectivity index (χ4v) is 1.79. The molecule has 1 rings (SSSR count). The van der Waals surface area contributed by atoms with Crippen molar-refractivity contribution >= 4 is 27.4 Å². The summed E-state index contributed by atoms with van der Waals surface area (Å²) in [4.78, 5) is 15.9. The lowest BCUT2D eigenvalue weighted by Crippen LogP contribution is -2.20. The van der Waals surface area contributed by atoms with Crippen LogP contribution in [0.3, 0.4) is 0 Å². The van der Waals surface area contributed by atoms with Crippen molar-refractivity contribution in [2.45, 2.75) is 27.7 Å². The zero-order valence-electron chi connectivity index (χ0n) is 11.8. The van der Waals surface area contributed by atoms with Gasteiger partial charge in [-0.3, -0.25) is 4.79 Å². The van der Waals surface area contributed by atoms with E-state index in [1.807, 2.05) is 0 Å². The lowest BCUT2D eigenvalue weighted by molar-refractivity contribution is -0.124. The average molecular weight is 282 g/mol. The molecule has 0 radical (unpaired) electrons. The smallest absolute Gasteiger partial charge is 0.251 e. The van der Waals surface area contributed by atoms with Crippen LogP contribution in [0.4, 0.5) is 0 Å². The Labute approximate surface area is 113 Å². The van der Waals surface area contributed by atoms with Crippen LogP contribution in [0.1, 0.15) is 27.7 Å². The molecule has 19 heavy (non-hydrogen) atoms. The van der Waals surface area contributed by atoms with E-state index in [9.17, 15) is 13.2 Å². The Morgan fingerprint density at radius 3 is 2.21 bits per heavy atom. The zero-order valence-corrected chi connectivity index (χ0v) is 12.6. The van der Waals surface area contributed by atoms with Gasteiger partial charge < -0.3 is 0 Å². The summed E-state index contributed by atoms with van der Waals surface area (Å²) in [5.74, 6) is -0.219. The van der Waals surface area contributed by atoms with Gasteiger partial charge in [0.2, 0.25) is 0 Å². The van der Waals surface area contributed by atoms with Crippen LogP contribution in [-0.2, 0) is 14.8 Å². The molecule has 1 aliphatic rings. The molecule has 5 nitrogen and oxygen atoms in total. The molecule has 0 atom stereocenters. The predicted molar refractivity (Wildman–Crippen MR) is 77.1 cm³/mol. The summed E-state index contributed by atoms with van der Waals surface area (Å²) in [5.41, 5.74) is 1.04. The number of rotatable bonds is 1. The third-order valence-corrected chi connectivity index (χ3v) is 2.86. The highest BCUT2D eigenvalue weighted by Gasteiger charge is 2.21. The average Bonchev–Trinajstić information content (AvgIpc) is 2.18. The Balaban J connectivity index is 3.07. The molecule has 0 aromatic carbocycles. The van der Waals surface area contributed by atoms with Gasteiger partial charge in [0.25, 0.3) is 15.9 Å². The quantitative estimate of drug-likeness (QED) is 0.689. The van der Waals surface area contributed by atoms with Crippen LogP contribution in [0.25, 0.3) is 0 Å². The first kappa shape index (κ1) is 15.5. The number of carbonyl (C=O) groups excluding carboxylic acids is 1. The number of allylic oxidation sites excluding steroid dienone is 4. The number of nitrogens with zero attached hydrogens (tertiary/aromatic N) is 2. The molecule has 1 amide bonds. The van der Waals surface area contributed by atoms with Crippen molar-refractivity contribution in [2.24, 2.45) is 14.8 Å². The highest BCUT2D eigenvalue weighted by atomic mass is 32.2. The summed E-state index contributed by atoms with van der Waals surface area (Å²) in [6, 6.07) is 0. The van der Waals surface area contributed by atoms with Crippen molar-refractivity contribution in [3.63, 3.8) is 0 Å². The Hall–Kier alpha value is -1.56. The van der Waals surface area contributed by atoms with Crippen LogP contribution in [0.2, 0.25) is 0 Å². The number of hydrogen-bond acceptors (Lipinski definition) is 3. The van der Waals surface area contributed by atoms with Crippen molar-refractivity contribution in [3.05, 3.63) is 23.8 Å². The summed E-state index contributed by atoms with van der Waals surface area (Å²) in [7, 11) is -3.43. The van der Waals surface area contributed by atoms with Crippen molar-refractivity contribution in [3.8, 4) is 0 Å². The van der Waals surface area contributed by atoms with Gasteiger partial charge in [-0.2, -0.15) is 4.40 Å². The predicted octanol–water partition coefficient (Wildman–Crippen LogP) is 1.92. The number of amides is 1. The molecule has 0 aromatic rings. The summed E-state index contributed by atoms with van der Waals surface area (Å²) in [5, 5.41) is 0. The van der Waals surface area contributed by atoms with Gasteiger partial charge in [0.05, 0.1) is 17.7 Å². The third-order valence-electron chi connectivity index (χ3n) is 2.32. The maximum atomic E-state index is 11.8. The molecule has 0 saturated heterocycles. The summed E-state index contributed by atoms with van der Waals surface area (Å²) in [6.07, 6.45) is 5.76. The van der Waals surface area contributed by atoms with Crippen LogP contribution >= 0.6 is 0 Å². The summed E-state index contributed by atoms with van der Waals surface area (Å²) in [6.45, 7) is 7.14. The second-order valence-electron chi connectivity index (χ2n) is 5.46. The van der Waals surface area contributed by atoms with E-state index >= 15 is 0 Å². The zero-order chi connectivity index (χ0) is 14.8. The molecule has 0 heterocycles.